The molecular formula is C24H20N2O5. The summed E-state index contributed by atoms with van der Waals surface area (Å²) in [6, 6.07) is 12.7. The van der Waals surface area contributed by atoms with Gasteiger partial charge in [0.1, 0.15) is 0 Å². The number of hydrogen-bond donors (Lipinski definition) is 1. The maximum absolute atomic E-state index is 13.6. The predicted molar refractivity (Wildman–Crippen MR) is 111 cm³/mol. The Kier molecular flexibility index (Phi) is 4.08. The van der Waals surface area contributed by atoms with E-state index in [9.17, 15) is 19.6 Å². The Morgan fingerprint density at radius 2 is 1.90 bits per heavy atom. The van der Waals surface area contributed by atoms with E-state index in [0.717, 1.165) is 6.08 Å². The first-order valence-electron chi connectivity index (χ1n) is 10.2. The van der Waals surface area contributed by atoms with Gasteiger partial charge in [-0.2, -0.15) is 5.26 Å². The summed E-state index contributed by atoms with van der Waals surface area (Å²) in [6.07, 6.45) is 4.05. The Hall–Kier alpha value is -3.50. The number of imide groups is 1. The fraction of sp³-hybridized carbons (Fsp3) is 0.333. The Morgan fingerprint density at radius 1 is 1.19 bits per heavy atom. The molecule has 7 heteroatoms. The summed E-state index contributed by atoms with van der Waals surface area (Å²) in [5.41, 5.74) is -0.691. The van der Waals surface area contributed by atoms with Crippen LogP contribution in [0.2, 0.25) is 0 Å². The van der Waals surface area contributed by atoms with Crippen molar-refractivity contribution in [2.45, 2.75) is 37.4 Å². The third kappa shape index (κ3) is 2.58. The van der Waals surface area contributed by atoms with E-state index in [-0.39, 0.29) is 18.2 Å². The second-order valence-corrected chi connectivity index (χ2v) is 8.68. The highest BCUT2D eigenvalue weighted by Crippen LogP contribution is 2.62. The summed E-state index contributed by atoms with van der Waals surface area (Å²) in [5, 5.41) is 19.7. The molecule has 5 rings (SSSR count). The average Bonchev–Trinajstić information content (AvgIpc) is 3.32. The highest BCUT2D eigenvalue weighted by molar-refractivity contribution is 6.26. The van der Waals surface area contributed by atoms with Crippen molar-refractivity contribution in [3.63, 3.8) is 0 Å². The summed E-state index contributed by atoms with van der Waals surface area (Å²) in [4.78, 5) is 39.4. The number of hydrogen-bond acceptors (Lipinski definition) is 5. The molecule has 3 aliphatic rings. The number of carbonyl (C=O) groups excluding carboxylic acids is 2. The zero-order valence-corrected chi connectivity index (χ0v) is 16.9. The number of anilines is 1. The lowest BCUT2D eigenvalue weighted by Gasteiger charge is -2.30. The molecule has 2 bridgehead atoms. The number of aliphatic carboxylic acids is 1. The van der Waals surface area contributed by atoms with Crippen LogP contribution in [0.3, 0.4) is 0 Å². The van der Waals surface area contributed by atoms with Crippen molar-refractivity contribution < 1.29 is 24.2 Å². The largest absolute Gasteiger partial charge is 0.478 e. The van der Waals surface area contributed by atoms with Crippen LogP contribution in [0.5, 0.6) is 0 Å². The van der Waals surface area contributed by atoms with Crippen LogP contribution in [-0.2, 0) is 19.1 Å². The second-order valence-electron chi connectivity index (χ2n) is 8.68. The lowest BCUT2D eigenvalue weighted by molar-refractivity contribution is -0.131. The van der Waals surface area contributed by atoms with Crippen LogP contribution >= 0.6 is 0 Å². The minimum Gasteiger partial charge on any atom is -0.478 e. The first kappa shape index (κ1) is 19.5. The maximum Gasteiger partial charge on any atom is 0.327 e. The summed E-state index contributed by atoms with van der Waals surface area (Å²) in [5.74, 6) is -2.95. The van der Waals surface area contributed by atoms with E-state index in [0.29, 0.717) is 34.9 Å². The normalized spacial score (nSPS) is 31.5. The molecule has 2 aromatic carbocycles. The molecule has 2 amide bonds. The molecule has 156 valence electrons. The average molecular weight is 416 g/mol. The van der Waals surface area contributed by atoms with Crippen LogP contribution in [-0.4, -0.2) is 34.1 Å². The Labute approximate surface area is 178 Å². The van der Waals surface area contributed by atoms with Crippen molar-refractivity contribution in [3.05, 3.63) is 54.1 Å². The van der Waals surface area contributed by atoms with Crippen LogP contribution in [0.15, 0.2) is 48.6 Å². The van der Waals surface area contributed by atoms with Gasteiger partial charge < -0.3 is 9.84 Å². The summed E-state index contributed by atoms with van der Waals surface area (Å²) >= 11 is 0. The lowest BCUT2D eigenvalue weighted by atomic mass is 9.67. The highest BCUT2D eigenvalue weighted by atomic mass is 16.5. The zero-order chi connectivity index (χ0) is 22.0. The van der Waals surface area contributed by atoms with Gasteiger partial charge in [0, 0.05) is 16.8 Å². The van der Waals surface area contributed by atoms with E-state index in [1.54, 1.807) is 24.3 Å². The van der Waals surface area contributed by atoms with Gasteiger partial charge >= 0.3 is 5.97 Å². The molecule has 0 aliphatic carbocycles. The van der Waals surface area contributed by atoms with E-state index < -0.39 is 29.0 Å². The Balaban J connectivity index is 1.61. The minimum atomic E-state index is -1.06. The molecule has 3 aliphatic heterocycles. The van der Waals surface area contributed by atoms with E-state index in [1.165, 1.54) is 11.0 Å². The number of nitrogens with zero attached hydrogens (tertiary/aromatic N) is 2. The van der Waals surface area contributed by atoms with Gasteiger partial charge in [-0.25, -0.2) is 9.69 Å². The van der Waals surface area contributed by atoms with Crippen molar-refractivity contribution in [2.75, 3.05) is 4.90 Å². The molecule has 0 radical (unpaired) electrons. The smallest absolute Gasteiger partial charge is 0.327 e. The molecule has 3 heterocycles. The van der Waals surface area contributed by atoms with Crippen LogP contribution < -0.4 is 4.90 Å². The van der Waals surface area contributed by atoms with Gasteiger partial charge in [-0.3, -0.25) is 9.59 Å². The van der Waals surface area contributed by atoms with Gasteiger partial charge in [0.05, 0.1) is 40.4 Å². The Morgan fingerprint density at radius 3 is 2.61 bits per heavy atom. The predicted octanol–water partition coefficient (Wildman–Crippen LogP) is 3.17. The molecule has 3 saturated heterocycles. The summed E-state index contributed by atoms with van der Waals surface area (Å²) in [7, 11) is 0. The van der Waals surface area contributed by atoms with Crippen molar-refractivity contribution in [1.29, 1.82) is 5.26 Å². The van der Waals surface area contributed by atoms with E-state index in [2.05, 4.69) is 6.07 Å². The third-order valence-corrected chi connectivity index (χ3v) is 7.00. The second kappa shape index (κ2) is 6.50. The van der Waals surface area contributed by atoms with Crippen molar-refractivity contribution in [3.8, 4) is 6.07 Å². The molecule has 31 heavy (non-hydrogen) atoms. The van der Waals surface area contributed by atoms with Crippen molar-refractivity contribution >= 4 is 34.2 Å². The molecule has 7 nitrogen and oxygen atoms in total. The van der Waals surface area contributed by atoms with Gasteiger partial charge in [0.15, 0.2) is 0 Å². The molecule has 0 aromatic heterocycles. The molecular weight excluding hydrogens is 396 g/mol. The maximum atomic E-state index is 13.6. The SMILES string of the molecule is C[C@]12CC[C@](CC=CC(=O)O)(O1)[C@@H]1C(=O)N(c3ccc(C#N)c4ccccc34)C(=O)[C@@H]12. The van der Waals surface area contributed by atoms with Gasteiger partial charge in [0.2, 0.25) is 11.8 Å². The number of rotatable bonds is 4. The van der Waals surface area contributed by atoms with E-state index in [1.807, 2.05) is 19.1 Å². The van der Waals surface area contributed by atoms with Crippen LogP contribution in [0.1, 0.15) is 31.7 Å². The number of fused-ring (bicyclic) bond motifs is 6. The number of carboxylic acid groups (broad SMARTS) is 1. The molecule has 3 fully saturated rings. The third-order valence-electron chi connectivity index (χ3n) is 7.00. The van der Waals surface area contributed by atoms with Crippen molar-refractivity contribution in [1.82, 2.24) is 0 Å². The summed E-state index contributed by atoms with van der Waals surface area (Å²) < 4.78 is 6.29. The van der Waals surface area contributed by atoms with Crippen molar-refractivity contribution in [2.24, 2.45) is 11.8 Å². The van der Waals surface area contributed by atoms with Gasteiger partial charge in [-0.1, -0.05) is 30.3 Å². The van der Waals surface area contributed by atoms with Gasteiger partial charge in [-0.05, 0) is 38.3 Å². The van der Waals surface area contributed by atoms with Crippen LogP contribution in [0.4, 0.5) is 5.69 Å². The minimum absolute atomic E-state index is 0.261. The quantitative estimate of drug-likeness (QED) is 0.606. The van der Waals surface area contributed by atoms with Gasteiger partial charge in [-0.15, -0.1) is 0 Å². The number of carboxylic acids is 1. The van der Waals surface area contributed by atoms with E-state index >= 15 is 0 Å². The number of nitriles is 1. The molecule has 4 atom stereocenters. The van der Waals surface area contributed by atoms with Crippen LogP contribution in [0.25, 0.3) is 10.8 Å². The first-order chi connectivity index (χ1) is 14.8. The van der Waals surface area contributed by atoms with Crippen LogP contribution in [0, 0.1) is 23.2 Å². The summed E-state index contributed by atoms with van der Waals surface area (Å²) in [6.45, 7) is 1.87. The zero-order valence-electron chi connectivity index (χ0n) is 16.9. The molecule has 2 aromatic rings. The molecule has 0 unspecified atom stereocenters. The lowest BCUT2D eigenvalue weighted by Crippen LogP contribution is -2.41. The number of amides is 2. The molecule has 1 N–H and O–H groups in total. The number of carbonyl (C=O) groups is 3. The monoisotopic (exact) mass is 416 g/mol. The molecule has 0 saturated carbocycles. The number of ether oxygens (including phenoxy) is 1. The fourth-order valence-electron chi connectivity index (χ4n) is 5.72. The standard InChI is InChI=1S/C24H20N2O5/c1-23-11-12-24(31-23,10-4-7-18(27)28)20-19(23)21(29)26(22(20)30)17-9-8-14(13-25)15-5-2-3-6-16(15)17/h2-9,19-20H,10-12H2,1H3,(H,27,28)/t19-,20+,23-,24+/m1/s1. The Bertz CT molecular complexity index is 1230. The topological polar surface area (TPSA) is 108 Å². The number of benzene rings is 2. The molecule has 0 spiro atoms. The van der Waals surface area contributed by atoms with Gasteiger partial charge in [0.25, 0.3) is 0 Å². The van der Waals surface area contributed by atoms with E-state index in [4.69, 9.17) is 9.84 Å². The first-order valence-corrected chi connectivity index (χ1v) is 10.2. The highest BCUT2D eigenvalue weighted by Gasteiger charge is 2.73. The fourth-order valence-corrected chi connectivity index (χ4v) is 5.72.